The van der Waals surface area contributed by atoms with Gasteiger partial charge in [0.2, 0.25) is 5.91 Å². The SMILES string of the molecule is CC(C)c1ccc(CC2(C)Cc3cc(CC(=O)N(CCCc4ccccc4)CC(=O)O)ccc3O2)cc1. The van der Waals surface area contributed by atoms with Crippen LogP contribution in [0.5, 0.6) is 5.75 Å². The summed E-state index contributed by atoms with van der Waals surface area (Å²) in [6.07, 6.45) is 3.28. The van der Waals surface area contributed by atoms with Crippen LogP contribution in [0.25, 0.3) is 0 Å². The third-order valence-electron chi connectivity index (χ3n) is 7.04. The lowest BCUT2D eigenvalue weighted by Gasteiger charge is -2.24. The maximum Gasteiger partial charge on any atom is 0.323 e. The van der Waals surface area contributed by atoms with Crippen LogP contribution in [0.15, 0.2) is 72.8 Å². The molecule has 5 heteroatoms. The molecule has 0 fully saturated rings. The maximum absolute atomic E-state index is 13.1. The van der Waals surface area contributed by atoms with E-state index in [1.165, 1.54) is 21.6 Å². The zero-order valence-electron chi connectivity index (χ0n) is 22.1. The summed E-state index contributed by atoms with van der Waals surface area (Å²) in [4.78, 5) is 25.9. The molecule has 37 heavy (non-hydrogen) atoms. The number of rotatable bonds is 11. The summed E-state index contributed by atoms with van der Waals surface area (Å²) in [5.74, 6) is 0.214. The zero-order valence-corrected chi connectivity index (χ0v) is 22.1. The second-order valence-corrected chi connectivity index (χ2v) is 10.7. The Hall–Kier alpha value is -3.60. The van der Waals surface area contributed by atoms with Crippen LogP contribution in [0.2, 0.25) is 0 Å². The minimum Gasteiger partial charge on any atom is -0.487 e. The highest BCUT2D eigenvalue weighted by Crippen LogP contribution is 2.37. The highest BCUT2D eigenvalue weighted by molar-refractivity contribution is 5.83. The van der Waals surface area contributed by atoms with Crippen molar-refractivity contribution in [3.63, 3.8) is 0 Å². The number of aryl methyl sites for hydroxylation is 1. The van der Waals surface area contributed by atoms with Gasteiger partial charge in [-0.3, -0.25) is 9.59 Å². The minimum atomic E-state index is -0.993. The smallest absolute Gasteiger partial charge is 0.323 e. The molecule has 0 saturated heterocycles. The van der Waals surface area contributed by atoms with Crippen molar-refractivity contribution in [3.8, 4) is 5.75 Å². The van der Waals surface area contributed by atoms with E-state index in [0.717, 1.165) is 42.6 Å². The lowest BCUT2D eigenvalue weighted by Crippen LogP contribution is -2.37. The Kier molecular flexibility index (Phi) is 8.32. The first-order chi connectivity index (χ1) is 17.7. The van der Waals surface area contributed by atoms with Gasteiger partial charge in [-0.05, 0) is 59.6 Å². The van der Waals surface area contributed by atoms with Crippen LogP contribution in [0, 0.1) is 0 Å². The Morgan fingerprint density at radius 3 is 2.35 bits per heavy atom. The zero-order chi connectivity index (χ0) is 26.4. The maximum atomic E-state index is 13.1. The van der Waals surface area contributed by atoms with Gasteiger partial charge in [-0.15, -0.1) is 0 Å². The Morgan fingerprint density at radius 1 is 0.973 bits per heavy atom. The number of hydrogen-bond acceptors (Lipinski definition) is 3. The molecule has 3 aromatic carbocycles. The molecule has 0 bridgehead atoms. The molecule has 1 amide bonds. The normalized spacial score (nSPS) is 16.3. The first kappa shape index (κ1) is 26.5. The third-order valence-corrected chi connectivity index (χ3v) is 7.04. The molecule has 1 aliphatic heterocycles. The molecule has 0 radical (unpaired) electrons. The number of amides is 1. The van der Waals surface area contributed by atoms with Gasteiger partial charge in [-0.25, -0.2) is 0 Å². The molecule has 0 aromatic heterocycles. The first-order valence-electron chi connectivity index (χ1n) is 13.1. The monoisotopic (exact) mass is 499 g/mol. The number of carboxylic acid groups (broad SMARTS) is 1. The first-order valence-corrected chi connectivity index (χ1v) is 13.1. The Balaban J connectivity index is 1.37. The number of fused-ring (bicyclic) bond motifs is 1. The lowest BCUT2D eigenvalue weighted by atomic mass is 9.90. The van der Waals surface area contributed by atoms with Crippen LogP contribution in [0.3, 0.4) is 0 Å². The number of hydrogen-bond donors (Lipinski definition) is 1. The molecule has 1 unspecified atom stereocenters. The van der Waals surface area contributed by atoms with E-state index in [4.69, 9.17) is 4.74 Å². The van der Waals surface area contributed by atoms with Crippen molar-refractivity contribution >= 4 is 11.9 Å². The fourth-order valence-corrected chi connectivity index (χ4v) is 5.10. The average Bonchev–Trinajstić information content (AvgIpc) is 3.19. The Bertz CT molecular complexity index is 1220. The van der Waals surface area contributed by atoms with Crippen molar-refractivity contribution in [1.29, 1.82) is 0 Å². The second kappa shape index (κ2) is 11.6. The fraction of sp³-hybridized carbons (Fsp3) is 0.375. The second-order valence-electron chi connectivity index (χ2n) is 10.7. The van der Waals surface area contributed by atoms with Crippen LogP contribution < -0.4 is 4.74 Å². The van der Waals surface area contributed by atoms with Gasteiger partial charge in [-0.2, -0.15) is 0 Å². The number of carbonyl (C=O) groups is 2. The number of carboxylic acids is 1. The van der Waals surface area contributed by atoms with Crippen LogP contribution >= 0.6 is 0 Å². The van der Waals surface area contributed by atoms with E-state index in [1.54, 1.807) is 0 Å². The average molecular weight is 500 g/mol. The van der Waals surface area contributed by atoms with Crippen molar-refractivity contribution < 1.29 is 19.4 Å². The molecule has 0 saturated carbocycles. The van der Waals surface area contributed by atoms with Crippen molar-refractivity contribution in [2.45, 2.75) is 64.4 Å². The van der Waals surface area contributed by atoms with Crippen LogP contribution in [0.4, 0.5) is 0 Å². The highest BCUT2D eigenvalue weighted by Gasteiger charge is 2.35. The summed E-state index contributed by atoms with van der Waals surface area (Å²) in [5.41, 5.74) is 5.40. The van der Waals surface area contributed by atoms with Gasteiger partial charge in [0.15, 0.2) is 0 Å². The molecule has 5 nitrogen and oxygen atoms in total. The third kappa shape index (κ3) is 7.22. The number of ether oxygens (including phenoxy) is 1. The van der Waals surface area contributed by atoms with E-state index in [-0.39, 0.29) is 24.5 Å². The number of carbonyl (C=O) groups excluding carboxylic acids is 1. The summed E-state index contributed by atoms with van der Waals surface area (Å²) < 4.78 is 6.36. The Morgan fingerprint density at radius 2 is 1.68 bits per heavy atom. The van der Waals surface area contributed by atoms with Gasteiger partial charge in [0.1, 0.15) is 17.9 Å². The predicted molar refractivity (Wildman–Crippen MR) is 146 cm³/mol. The summed E-state index contributed by atoms with van der Waals surface area (Å²) >= 11 is 0. The summed E-state index contributed by atoms with van der Waals surface area (Å²) in [6, 6.07) is 24.7. The topological polar surface area (TPSA) is 66.8 Å². The van der Waals surface area contributed by atoms with E-state index < -0.39 is 5.97 Å². The molecular weight excluding hydrogens is 462 g/mol. The standard InChI is InChI=1S/C32H37NO4/c1-23(2)27-14-11-25(12-15-27)20-32(3)21-28-18-26(13-16-29(28)37-32)19-30(34)33(22-31(35)36)17-7-10-24-8-5-4-6-9-24/h4-6,8-9,11-16,18,23H,7,10,17,19-22H2,1-3H3,(H,35,36). The molecule has 0 aliphatic carbocycles. The number of benzene rings is 3. The van der Waals surface area contributed by atoms with Crippen LogP contribution in [-0.4, -0.2) is 40.6 Å². The van der Waals surface area contributed by atoms with E-state index in [2.05, 4.69) is 45.0 Å². The van der Waals surface area contributed by atoms with Gasteiger partial charge in [0.05, 0.1) is 6.42 Å². The van der Waals surface area contributed by atoms with Gasteiger partial charge >= 0.3 is 5.97 Å². The molecule has 4 rings (SSSR count). The molecule has 1 aliphatic rings. The molecular formula is C32H37NO4. The lowest BCUT2D eigenvalue weighted by molar-refractivity contribution is -0.144. The van der Waals surface area contributed by atoms with Crippen molar-refractivity contribution in [2.24, 2.45) is 0 Å². The van der Waals surface area contributed by atoms with E-state index in [0.29, 0.717) is 12.5 Å². The van der Waals surface area contributed by atoms with E-state index >= 15 is 0 Å². The van der Waals surface area contributed by atoms with Crippen molar-refractivity contribution in [2.75, 3.05) is 13.1 Å². The number of aliphatic carboxylic acids is 1. The summed E-state index contributed by atoms with van der Waals surface area (Å²) in [6.45, 7) is 6.66. The van der Waals surface area contributed by atoms with Crippen molar-refractivity contribution in [1.82, 2.24) is 4.90 Å². The molecule has 1 heterocycles. The molecule has 194 valence electrons. The quantitative estimate of drug-likeness (QED) is 0.360. The van der Waals surface area contributed by atoms with Crippen LogP contribution in [0.1, 0.15) is 60.9 Å². The summed E-state index contributed by atoms with van der Waals surface area (Å²) in [5, 5.41) is 9.35. The van der Waals surface area contributed by atoms with Gasteiger partial charge in [0, 0.05) is 19.4 Å². The van der Waals surface area contributed by atoms with E-state index in [9.17, 15) is 14.7 Å². The molecule has 0 spiro atoms. The fourth-order valence-electron chi connectivity index (χ4n) is 5.10. The minimum absolute atomic E-state index is 0.165. The molecule has 1 atom stereocenters. The number of nitrogens with zero attached hydrogens (tertiary/aromatic N) is 1. The highest BCUT2D eigenvalue weighted by atomic mass is 16.5. The van der Waals surface area contributed by atoms with Crippen LogP contribution in [-0.2, 0) is 35.3 Å². The molecule has 3 aromatic rings. The van der Waals surface area contributed by atoms with Crippen molar-refractivity contribution in [3.05, 3.63) is 101 Å². The molecule has 1 N–H and O–H groups in total. The Labute approximate surface area is 220 Å². The summed E-state index contributed by atoms with van der Waals surface area (Å²) in [7, 11) is 0. The predicted octanol–water partition coefficient (Wildman–Crippen LogP) is 5.83. The van der Waals surface area contributed by atoms with Gasteiger partial charge in [-0.1, -0.05) is 80.6 Å². The largest absolute Gasteiger partial charge is 0.487 e. The van der Waals surface area contributed by atoms with Gasteiger partial charge in [0.25, 0.3) is 0 Å². The van der Waals surface area contributed by atoms with E-state index in [1.807, 2.05) is 48.5 Å². The van der Waals surface area contributed by atoms with Gasteiger partial charge < -0.3 is 14.7 Å².